The van der Waals surface area contributed by atoms with E-state index in [1.807, 2.05) is 6.92 Å². The molecule has 20 heavy (non-hydrogen) atoms. The van der Waals surface area contributed by atoms with Gasteiger partial charge in [0.1, 0.15) is 0 Å². The molecule has 1 aromatic carbocycles. The highest BCUT2D eigenvalue weighted by atomic mass is 32.1. The summed E-state index contributed by atoms with van der Waals surface area (Å²) in [6.07, 6.45) is 0. The molecule has 0 aliphatic carbocycles. The number of nitrogens with one attached hydrogen (secondary N) is 1. The molecule has 104 valence electrons. The Morgan fingerprint density at radius 2 is 1.80 bits per heavy atom. The number of hydrogen-bond donors (Lipinski definition) is 1. The van der Waals surface area contributed by atoms with E-state index in [0.29, 0.717) is 0 Å². The number of hydrogen-bond acceptors (Lipinski definition) is 5. The van der Waals surface area contributed by atoms with Gasteiger partial charge >= 0.3 is 0 Å². The fraction of sp³-hybridized carbons (Fsp3) is 0.333. The molecule has 3 aromatic rings. The number of aromatic nitrogens is 2. The van der Waals surface area contributed by atoms with Crippen molar-refractivity contribution in [3.05, 3.63) is 38.8 Å². The van der Waals surface area contributed by atoms with Gasteiger partial charge in [-0.15, -0.1) is 22.7 Å². The van der Waals surface area contributed by atoms with Crippen LogP contribution in [0, 0.1) is 20.8 Å². The first-order valence-electron chi connectivity index (χ1n) is 6.60. The van der Waals surface area contributed by atoms with Crippen LogP contribution in [-0.4, -0.2) is 9.97 Å². The minimum absolute atomic E-state index is 0.271. The highest BCUT2D eigenvalue weighted by Gasteiger charge is 2.13. The lowest BCUT2D eigenvalue weighted by molar-refractivity contribution is 0.890. The van der Waals surface area contributed by atoms with Crippen molar-refractivity contribution in [2.75, 3.05) is 5.32 Å². The molecule has 2 heterocycles. The van der Waals surface area contributed by atoms with Crippen LogP contribution in [0.3, 0.4) is 0 Å². The molecule has 0 aliphatic rings. The quantitative estimate of drug-likeness (QED) is 0.751. The molecule has 1 unspecified atom stereocenters. The van der Waals surface area contributed by atoms with E-state index in [1.54, 1.807) is 22.7 Å². The minimum Gasteiger partial charge on any atom is -0.378 e. The third kappa shape index (κ3) is 2.55. The highest BCUT2D eigenvalue weighted by Crippen LogP contribution is 2.30. The molecule has 2 aromatic heterocycles. The molecular formula is C15H17N3S2. The van der Waals surface area contributed by atoms with Gasteiger partial charge in [-0.3, -0.25) is 0 Å². The molecule has 0 saturated heterocycles. The fourth-order valence-corrected chi connectivity index (χ4v) is 4.19. The first-order valence-corrected chi connectivity index (χ1v) is 8.24. The van der Waals surface area contributed by atoms with Gasteiger partial charge in [0, 0.05) is 10.6 Å². The normalized spacial score (nSPS) is 12.8. The van der Waals surface area contributed by atoms with Crippen molar-refractivity contribution in [3.8, 4) is 0 Å². The Kier molecular flexibility index (Phi) is 3.48. The van der Waals surface area contributed by atoms with E-state index in [4.69, 9.17) is 0 Å². The predicted molar refractivity (Wildman–Crippen MR) is 88.0 cm³/mol. The maximum atomic E-state index is 4.50. The molecule has 1 atom stereocenters. The van der Waals surface area contributed by atoms with Crippen molar-refractivity contribution < 1.29 is 0 Å². The summed E-state index contributed by atoms with van der Waals surface area (Å²) < 4.78 is 1.23. The number of nitrogens with zero attached hydrogens (tertiary/aromatic N) is 2. The van der Waals surface area contributed by atoms with Crippen LogP contribution in [0.25, 0.3) is 10.2 Å². The summed E-state index contributed by atoms with van der Waals surface area (Å²) in [5.41, 5.74) is 3.34. The van der Waals surface area contributed by atoms with Crippen molar-refractivity contribution >= 4 is 38.6 Å². The number of fused-ring (bicyclic) bond motifs is 1. The van der Waals surface area contributed by atoms with E-state index in [0.717, 1.165) is 26.9 Å². The summed E-state index contributed by atoms with van der Waals surface area (Å²) in [6.45, 7) is 8.36. The molecule has 0 fully saturated rings. The zero-order chi connectivity index (χ0) is 14.3. The second-order valence-electron chi connectivity index (χ2n) is 4.96. The first-order chi connectivity index (χ1) is 9.52. The van der Waals surface area contributed by atoms with Gasteiger partial charge in [-0.2, -0.15) is 0 Å². The Labute approximate surface area is 126 Å². The summed E-state index contributed by atoms with van der Waals surface area (Å²) in [6, 6.07) is 6.63. The predicted octanol–water partition coefficient (Wildman–Crippen LogP) is 4.85. The van der Waals surface area contributed by atoms with Gasteiger partial charge in [0.2, 0.25) is 0 Å². The van der Waals surface area contributed by atoms with Crippen LogP contribution in [-0.2, 0) is 0 Å². The Morgan fingerprint density at radius 3 is 2.50 bits per heavy atom. The smallest absolute Gasteiger partial charge is 0.0907 e. The summed E-state index contributed by atoms with van der Waals surface area (Å²) in [5, 5.41) is 5.80. The van der Waals surface area contributed by atoms with Crippen molar-refractivity contribution in [2.45, 2.75) is 33.7 Å². The van der Waals surface area contributed by atoms with Gasteiger partial charge in [-0.1, -0.05) is 0 Å². The van der Waals surface area contributed by atoms with E-state index >= 15 is 0 Å². The Bertz CT molecular complexity index is 758. The highest BCUT2D eigenvalue weighted by molar-refractivity contribution is 7.18. The maximum absolute atomic E-state index is 4.50. The van der Waals surface area contributed by atoms with E-state index in [2.05, 4.69) is 54.3 Å². The number of aryl methyl sites for hydroxylation is 3. The third-order valence-electron chi connectivity index (χ3n) is 3.21. The maximum Gasteiger partial charge on any atom is 0.0907 e. The van der Waals surface area contributed by atoms with Gasteiger partial charge in [-0.05, 0) is 45.9 Å². The van der Waals surface area contributed by atoms with E-state index < -0.39 is 0 Å². The monoisotopic (exact) mass is 303 g/mol. The molecule has 0 saturated carbocycles. The van der Waals surface area contributed by atoms with Crippen molar-refractivity contribution in [1.29, 1.82) is 0 Å². The lowest BCUT2D eigenvalue weighted by Crippen LogP contribution is -2.06. The Morgan fingerprint density at radius 1 is 1.05 bits per heavy atom. The summed E-state index contributed by atoms with van der Waals surface area (Å²) in [7, 11) is 0. The van der Waals surface area contributed by atoms with E-state index in [-0.39, 0.29) is 6.04 Å². The molecule has 0 aliphatic heterocycles. The summed E-state index contributed by atoms with van der Waals surface area (Å²) in [4.78, 5) is 10.3. The number of thiazole rings is 2. The number of anilines is 1. The minimum atomic E-state index is 0.271. The van der Waals surface area contributed by atoms with Gasteiger partial charge in [0.05, 0.1) is 32.0 Å². The van der Waals surface area contributed by atoms with Gasteiger partial charge < -0.3 is 5.32 Å². The number of rotatable bonds is 3. The largest absolute Gasteiger partial charge is 0.378 e. The lowest BCUT2D eigenvalue weighted by Gasteiger charge is -2.14. The third-order valence-corrected chi connectivity index (χ3v) is 5.40. The van der Waals surface area contributed by atoms with Gasteiger partial charge in [0.15, 0.2) is 0 Å². The van der Waals surface area contributed by atoms with Crippen molar-refractivity contribution in [2.24, 2.45) is 0 Å². The lowest BCUT2D eigenvalue weighted by atomic mass is 10.2. The fourth-order valence-electron chi connectivity index (χ4n) is 2.39. The average Bonchev–Trinajstić information content (AvgIpc) is 2.90. The topological polar surface area (TPSA) is 37.8 Å². The number of benzene rings is 1. The zero-order valence-corrected chi connectivity index (χ0v) is 13.7. The van der Waals surface area contributed by atoms with Crippen LogP contribution in [0.15, 0.2) is 18.2 Å². The van der Waals surface area contributed by atoms with Crippen molar-refractivity contribution in [1.82, 2.24) is 9.97 Å². The standard InChI is InChI=1S/C15H17N3S2/c1-8-15(20-10(3)16-8)9(2)17-12-5-6-13-14(7-12)19-11(4)18-13/h5-7,9,17H,1-4H3. The van der Waals surface area contributed by atoms with Crippen LogP contribution in [0.4, 0.5) is 5.69 Å². The van der Waals surface area contributed by atoms with Crippen LogP contribution < -0.4 is 5.32 Å². The molecule has 3 rings (SSSR count). The molecule has 0 spiro atoms. The zero-order valence-electron chi connectivity index (χ0n) is 12.0. The molecule has 0 radical (unpaired) electrons. The van der Waals surface area contributed by atoms with E-state index in [1.165, 1.54) is 9.58 Å². The Hall–Kier alpha value is -1.46. The second-order valence-corrected chi connectivity index (χ2v) is 7.43. The van der Waals surface area contributed by atoms with Crippen LogP contribution in [0.5, 0.6) is 0 Å². The first kappa shape index (κ1) is 13.5. The van der Waals surface area contributed by atoms with Gasteiger partial charge in [-0.25, -0.2) is 9.97 Å². The molecular weight excluding hydrogens is 286 g/mol. The van der Waals surface area contributed by atoms with Crippen LogP contribution in [0.1, 0.15) is 33.6 Å². The average molecular weight is 303 g/mol. The molecule has 5 heteroatoms. The molecule has 1 N–H and O–H groups in total. The summed E-state index contributed by atoms with van der Waals surface area (Å²) >= 11 is 3.50. The van der Waals surface area contributed by atoms with Gasteiger partial charge in [0.25, 0.3) is 0 Å². The summed E-state index contributed by atoms with van der Waals surface area (Å²) in [5.74, 6) is 0. The molecule has 0 bridgehead atoms. The molecule has 0 amide bonds. The van der Waals surface area contributed by atoms with Crippen molar-refractivity contribution in [3.63, 3.8) is 0 Å². The molecule has 3 nitrogen and oxygen atoms in total. The van der Waals surface area contributed by atoms with Crippen LogP contribution in [0.2, 0.25) is 0 Å². The van der Waals surface area contributed by atoms with E-state index in [9.17, 15) is 0 Å². The second kappa shape index (κ2) is 5.14. The Balaban J connectivity index is 1.86. The van der Waals surface area contributed by atoms with Crippen LogP contribution >= 0.6 is 22.7 Å². The SMILES string of the molecule is Cc1nc(C)c(C(C)Nc2ccc3nc(C)sc3c2)s1.